The molecule has 144 valence electrons. The molecular formula is C21H27N3O3. The summed E-state index contributed by atoms with van der Waals surface area (Å²) >= 11 is 0. The number of aromatic nitrogens is 1. The fraction of sp³-hybridized carbons (Fsp3) is 0.429. The van der Waals surface area contributed by atoms with Crippen LogP contribution in [0.15, 0.2) is 42.6 Å². The third kappa shape index (κ3) is 5.28. The van der Waals surface area contributed by atoms with E-state index in [1.165, 1.54) is 0 Å². The normalized spacial score (nSPS) is 14.9. The molecule has 2 aromatic rings. The average molecular weight is 369 g/mol. The van der Waals surface area contributed by atoms with E-state index in [-0.39, 0.29) is 18.2 Å². The van der Waals surface area contributed by atoms with E-state index in [4.69, 9.17) is 4.74 Å². The van der Waals surface area contributed by atoms with Gasteiger partial charge in [0.15, 0.2) is 0 Å². The molecule has 0 bridgehead atoms. The van der Waals surface area contributed by atoms with Gasteiger partial charge in [-0.1, -0.05) is 24.3 Å². The summed E-state index contributed by atoms with van der Waals surface area (Å²) < 4.78 is 7.05. The fourth-order valence-corrected chi connectivity index (χ4v) is 3.29. The molecule has 0 spiro atoms. The van der Waals surface area contributed by atoms with Crippen molar-refractivity contribution in [1.82, 2.24) is 14.8 Å². The predicted molar refractivity (Wildman–Crippen MR) is 104 cm³/mol. The Labute approximate surface area is 160 Å². The van der Waals surface area contributed by atoms with Gasteiger partial charge in [0, 0.05) is 31.4 Å². The zero-order valence-electron chi connectivity index (χ0n) is 15.8. The van der Waals surface area contributed by atoms with E-state index in [0.717, 1.165) is 44.8 Å². The summed E-state index contributed by atoms with van der Waals surface area (Å²) in [5.41, 5.74) is 2.14. The molecule has 1 aromatic carbocycles. The van der Waals surface area contributed by atoms with Crippen LogP contribution in [-0.4, -0.2) is 60.6 Å². The monoisotopic (exact) mass is 369 g/mol. The number of ether oxygens (including phenoxy) is 1. The quantitative estimate of drug-likeness (QED) is 0.570. The van der Waals surface area contributed by atoms with Gasteiger partial charge in [0.1, 0.15) is 6.54 Å². The number of nitrogens with zero attached hydrogens (tertiary/aromatic N) is 2. The van der Waals surface area contributed by atoms with E-state index in [9.17, 15) is 9.59 Å². The molecule has 1 N–H and O–H groups in total. The first-order chi connectivity index (χ1) is 13.1. The summed E-state index contributed by atoms with van der Waals surface area (Å²) in [5, 5.41) is 2.95. The highest BCUT2D eigenvalue weighted by atomic mass is 16.5. The number of ketones is 1. The van der Waals surface area contributed by atoms with Gasteiger partial charge in [-0.05, 0) is 37.6 Å². The topological polar surface area (TPSA) is 63.6 Å². The van der Waals surface area contributed by atoms with E-state index >= 15 is 0 Å². The molecule has 27 heavy (non-hydrogen) atoms. The van der Waals surface area contributed by atoms with Crippen LogP contribution in [0.25, 0.3) is 0 Å². The van der Waals surface area contributed by atoms with E-state index in [0.29, 0.717) is 17.8 Å². The van der Waals surface area contributed by atoms with Crippen LogP contribution in [0.1, 0.15) is 28.0 Å². The van der Waals surface area contributed by atoms with Crippen LogP contribution in [0.2, 0.25) is 0 Å². The lowest BCUT2D eigenvalue weighted by Gasteiger charge is -2.26. The molecule has 2 heterocycles. The maximum absolute atomic E-state index is 12.8. The highest BCUT2D eigenvalue weighted by Crippen LogP contribution is 2.14. The molecular weight excluding hydrogens is 342 g/mol. The second kappa shape index (κ2) is 9.48. The first kappa shape index (κ1) is 19.3. The molecule has 0 aliphatic carbocycles. The van der Waals surface area contributed by atoms with Gasteiger partial charge in [-0.25, -0.2) is 0 Å². The van der Waals surface area contributed by atoms with Gasteiger partial charge in [0.05, 0.1) is 18.9 Å². The Kier molecular flexibility index (Phi) is 6.79. The zero-order valence-corrected chi connectivity index (χ0v) is 15.8. The number of amides is 1. The van der Waals surface area contributed by atoms with Gasteiger partial charge in [-0.15, -0.1) is 0 Å². The standard InChI is InChI=1S/C21H27N3O3/c1-17-6-2-3-7-18(17)21(26)19-8-4-11-24(19)16-20(25)22-9-5-10-23-12-14-27-15-13-23/h2-4,6-8,11H,5,9-10,12-16H2,1H3,(H,22,25). The molecule has 0 atom stereocenters. The smallest absolute Gasteiger partial charge is 0.239 e. The molecule has 6 nitrogen and oxygen atoms in total. The van der Waals surface area contributed by atoms with Crippen molar-refractivity contribution in [1.29, 1.82) is 0 Å². The largest absolute Gasteiger partial charge is 0.379 e. The number of rotatable bonds is 8. The average Bonchev–Trinajstić information content (AvgIpc) is 3.14. The molecule has 1 aliphatic heterocycles. The molecule has 0 saturated carbocycles. The molecule has 3 rings (SSSR count). The Bertz CT molecular complexity index is 778. The fourth-order valence-electron chi connectivity index (χ4n) is 3.29. The molecule has 0 unspecified atom stereocenters. The van der Waals surface area contributed by atoms with E-state index in [1.807, 2.05) is 31.2 Å². The van der Waals surface area contributed by atoms with Crippen LogP contribution < -0.4 is 5.32 Å². The van der Waals surface area contributed by atoms with E-state index in [2.05, 4.69) is 10.2 Å². The van der Waals surface area contributed by atoms with Crippen molar-refractivity contribution < 1.29 is 14.3 Å². The molecule has 1 fully saturated rings. The minimum atomic E-state index is -0.0768. The van der Waals surface area contributed by atoms with E-state index < -0.39 is 0 Å². The Morgan fingerprint density at radius 3 is 2.67 bits per heavy atom. The Balaban J connectivity index is 1.49. The highest BCUT2D eigenvalue weighted by molar-refractivity contribution is 6.09. The number of carbonyl (C=O) groups excluding carboxylic acids is 2. The minimum Gasteiger partial charge on any atom is -0.379 e. The summed E-state index contributed by atoms with van der Waals surface area (Å²) in [6, 6.07) is 11.1. The van der Waals surface area contributed by atoms with Crippen molar-refractivity contribution in [2.24, 2.45) is 0 Å². The maximum atomic E-state index is 12.8. The van der Waals surface area contributed by atoms with Gasteiger partial charge in [-0.2, -0.15) is 0 Å². The van der Waals surface area contributed by atoms with E-state index in [1.54, 1.807) is 22.9 Å². The van der Waals surface area contributed by atoms with Gasteiger partial charge in [-0.3, -0.25) is 14.5 Å². The molecule has 1 aromatic heterocycles. The SMILES string of the molecule is Cc1ccccc1C(=O)c1cccn1CC(=O)NCCCN1CCOCC1. The number of aryl methyl sites for hydroxylation is 1. The van der Waals surface area contributed by atoms with Crippen LogP contribution in [0.4, 0.5) is 0 Å². The van der Waals surface area contributed by atoms with Crippen LogP contribution in [0.5, 0.6) is 0 Å². The van der Waals surface area contributed by atoms with Crippen LogP contribution in [0, 0.1) is 6.92 Å². The van der Waals surface area contributed by atoms with Crippen LogP contribution >= 0.6 is 0 Å². The first-order valence-corrected chi connectivity index (χ1v) is 9.47. The third-order valence-electron chi connectivity index (χ3n) is 4.84. The number of carbonyl (C=O) groups is 2. The summed E-state index contributed by atoms with van der Waals surface area (Å²) in [6.45, 7) is 7.17. The van der Waals surface area contributed by atoms with Crippen molar-refractivity contribution in [3.8, 4) is 0 Å². The lowest BCUT2D eigenvalue weighted by molar-refractivity contribution is -0.121. The van der Waals surface area contributed by atoms with Crippen LogP contribution in [-0.2, 0) is 16.1 Å². The van der Waals surface area contributed by atoms with Crippen LogP contribution in [0.3, 0.4) is 0 Å². The zero-order chi connectivity index (χ0) is 19.1. The summed E-state index contributed by atoms with van der Waals surface area (Å²) in [5.74, 6) is -0.134. The summed E-state index contributed by atoms with van der Waals surface area (Å²) in [6.07, 6.45) is 2.69. The lowest BCUT2D eigenvalue weighted by atomic mass is 10.0. The number of nitrogens with one attached hydrogen (secondary N) is 1. The number of morpholine rings is 1. The number of benzene rings is 1. The molecule has 1 saturated heterocycles. The Hall–Kier alpha value is -2.44. The molecule has 1 amide bonds. The second-order valence-corrected chi connectivity index (χ2v) is 6.82. The Morgan fingerprint density at radius 2 is 1.89 bits per heavy atom. The Morgan fingerprint density at radius 1 is 1.11 bits per heavy atom. The summed E-state index contributed by atoms with van der Waals surface area (Å²) in [4.78, 5) is 27.4. The van der Waals surface area contributed by atoms with Crippen molar-refractivity contribution in [2.75, 3.05) is 39.4 Å². The number of hydrogen-bond donors (Lipinski definition) is 1. The highest BCUT2D eigenvalue weighted by Gasteiger charge is 2.16. The lowest BCUT2D eigenvalue weighted by Crippen LogP contribution is -2.38. The molecule has 6 heteroatoms. The van der Waals surface area contributed by atoms with Gasteiger partial charge >= 0.3 is 0 Å². The maximum Gasteiger partial charge on any atom is 0.239 e. The minimum absolute atomic E-state index is 0.0572. The number of hydrogen-bond acceptors (Lipinski definition) is 4. The van der Waals surface area contributed by atoms with Crippen molar-refractivity contribution in [3.05, 3.63) is 59.4 Å². The first-order valence-electron chi connectivity index (χ1n) is 9.47. The van der Waals surface area contributed by atoms with Gasteiger partial charge < -0.3 is 14.6 Å². The van der Waals surface area contributed by atoms with Gasteiger partial charge in [0.25, 0.3) is 0 Å². The summed E-state index contributed by atoms with van der Waals surface area (Å²) in [7, 11) is 0. The third-order valence-corrected chi connectivity index (χ3v) is 4.84. The molecule has 0 radical (unpaired) electrons. The van der Waals surface area contributed by atoms with Crippen molar-refractivity contribution >= 4 is 11.7 Å². The van der Waals surface area contributed by atoms with Crippen molar-refractivity contribution in [3.63, 3.8) is 0 Å². The predicted octanol–water partition coefficient (Wildman–Crippen LogP) is 1.87. The second-order valence-electron chi connectivity index (χ2n) is 6.82. The van der Waals surface area contributed by atoms with Gasteiger partial charge in [0.2, 0.25) is 11.7 Å². The van der Waals surface area contributed by atoms with Crippen molar-refractivity contribution in [2.45, 2.75) is 19.9 Å². The molecule has 1 aliphatic rings.